The molecule has 0 spiro atoms. The summed E-state index contributed by atoms with van der Waals surface area (Å²) in [5, 5.41) is 4.09. The fourth-order valence-electron chi connectivity index (χ4n) is 3.28. The molecular weight excluding hydrogens is 369 g/mol. The van der Waals surface area contributed by atoms with Gasteiger partial charge in [-0.25, -0.2) is 0 Å². The quantitative estimate of drug-likeness (QED) is 0.820. The number of carbonyl (C=O) groups excluding carboxylic acids is 1. The summed E-state index contributed by atoms with van der Waals surface area (Å²) in [6, 6.07) is 15.8. The number of rotatable bonds is 5. The van der Waals surface area contributed by atoms with Gasteiger partial charge >= 0.3 is 0 Å². The minimum atomic E-state index is -0.0951. The summed E-state index contributed by atoms with van der Waals surface area (Å²) in [5.41, 5.74) is 2.21. The second-order valence-electron chi connectivity index (χ2n) is 6.71. The lowest BCUT2D eigenvalue weighted by atomic mass is 10.1. The monoisotopic (exact) mass is 392 g/mol. The number of para-hydroxylation sites is 1. The van der Waals surface area contributed by atoms with Crippen molar-refractivity contribution in [3.63, 3.8) is 0 Å². The molecule has 1 saturated heterocycles. The summed E-state index contributed by atoms with van der Waals surface area (Å²) in [6.45, 7) is 6.31. The largest absolute Gasteiger partial charge is 0.360 e. The van der Waals surface area contributed by atoms with E-state index >= 15 is 0 Å². The van der Waals surface area contributed by atoms with Crippen molar-refractivity contribution in [3.05, 3.63) is 64.1 Å². The number of quaternary nitrogens is 1. The van der Waals surface area contributed by atoms with Gasteiger partial charge in [-0.1, -0.05) is 47.5 Å². The third-order valence-corrected chi connectivity index (χ3v) is 5.56. The molecule has 2 aromatic rings. The number of amides is 1. The molecule has 2 aromatic carbocycles. The molecule has 1 aliphatic heterocycles. The van der Waals surface area contributed by atoms with Crippen LogP contribution in [0.15, 0.2) is 48.5 Å². The second kappa shape index (κ2) is 8.76. The first kappa shape index (κ1) is 19.0. The van der Waals surface area contributed by atoms with Crippen LogP contribution < -0.4 is 15.1 Å². The van der Waals surface area contributed by atoms with E-state index in [2.05, 4.69) is 34.5 Å². The maximum Gasteiger partial charge on any atom is 0.275 e. The fraction of sp³-hybridized carbons (Fsp3) is 0.350. The van der Waals surface area contributed by atoms with Crippen molar-refractivity contribution in [1.82, 2.24) is 5.32 Å². The van der Waals surface area contributed by atoms with E-state index in [0.717, 1.165) is 31.7 Å². The Morgan fingerprint density at radius 1 is 1.12 bits per heavy atom. The van der Waals surface area contributed by atoms with Crippen molar-refractivity contribution >= 4 is 34.8 Å². The highest BCUT2D eigenvalue weighted by molar-refractivity contribution is 6.42. The van der Waals surface area contributed by atoms with Crippen LogP contribution in [-0.2, 0) is 4.79 Å². The first-order valence-electron chi connectivity index (χ1n) is 8.91. The summed E-state index contributed by atoms with van der Waals surface area (Å²) in [7, 11) is 0. The van der Waals surface area contributed by atoms with E-state index in [9.17, 15) is 4.79 Å². The molecule has 26 heavy (non-hydrogen) atoms. The smallest absolute Gasteiger partial charge is 0.275 e. The van der Waals surface area contributed by atoms with Gasteiger partial charge in [0.1, 0.15) is 0 Å². The van der Waals surface area contributed by atoms with Gasteiger partial charge in [0, 0.05) is 5.69 Å². The average Bonchev–Trinajstić information content (AvgIpc) is 2.65. The van der Waals surface area contributed by atoms with Gasteiger partial charge < -0.3 is 15.1 Å². The molecule has 138 valence electrons. The number of nitrogens with zero attached hydrogens (tertiary/aromatic N) is 1. The normalized spacial score (nSPS) is 16.3. The van der Waals surface area contributed by atoms with Crippen molar-refractivity contribution in [3.8, 4) is 0 Å². The molecule has 0 aliphatic carbocycles. The SMILES string of the molecule is C[C@H](NC(=O)C[NH+]1CCN(c2ccccc2)CC1)c1ccc(Cl)c(Cl)c1. The summed E-state index contributed by atoms with van der Waals surface area (Å²) < 4.78 is 0. The molecule has 2 N–H and O–H groups in total. The van der Waals surface area contributed by atoms with Crippen LogP contribution in [0.3, 0.4) is 0 Å². The number of anilines is 1. The molecule has 1 amide bonds. The average molecular weight is 393 g/mol. The minimum Gasteiger partial charge on any atom is -0.360 e. The summed E-state index contributed by atoms with van der Waals surface area (Å²) in [4.78, 5) is 16.1. The third-order valence-electron chi connectivity index (χ3n) is 4.82. The molecule has 1 fully saturated rings. The molecule has 0 saturated carbocycles. The zero-order valence-electron chi connectivity index (χ0n) is 14.8. The lowest BCUT2D eigenvalue weighted by Gasteiger charge is -2.33. The highest BCUT2D eigenvalue weighted by Gasteiger charge is 2.23. The summed E-state index contributed by atoms with van der Waals surface area (Å²) >= 11 is 12.0. The number of carbonyl (C=O) groups is 1. The number of benzene rings is 2. The van der Waals surface area contributed by atoms with E-state index in [1.807, 2.05) is 19.1 Å². The van der Waals surface area contributed by atoms with Gasteiger partial charge in [-0.2, -0.15) is 0 Å². The zero-order chi connectivity index (χ0) is 18.5. The van der Waals surface area contributed by atoms with Gasteiger partial charge in [0.2, 0.25) is 0 Å². The van der Waals surface area contributed by atoms with Crippen LogP contribution in [0.4, 0.5) is 5.69 Å². The van der Waals surface area contributed by atoms with E-state index in [0.29, 0.717) is 16.6 Å². The molecule has 0 aromatic heterocycles. The Labute approximate surface area is 164 Å². The zero-order valence-corrected chi connectivity index (χ0v) is 16.4. The minimum absolute atomic E-state index is 0.0618. The van der Waals surface area contributed by atoms with E-state index in [4.69, 9.17) is 23.2 Å². The first-order valence-corrected chi connectivity index (χ1v) is 9.66. The Balaban J connectivity index is 1.47. The Kier molecular flexibility index (Phi) is 6.41. The van der Waals surface area contributed by atoms with Gasteiger partial charge in [-0.3, -0.25) is 4.79 Å². The van der Waals surface area contributed by atoms with Crippen LogP contribution in [0, 0.1) is 0 Å². The number of hydrogen-bond acceptors (Lipinski definition) is 2. The molecule has 0 unspecified atom stereocenters. The van der Waals surface area contributed by atoms with Crippen LogP contribution >= 0.6 is 23.2 Å². The maximum absolute atomic E-state index is 12.4. The lowest BCUT2D eigenvalue weighted by molar-refractivity contribution is -0.892. The van der Waals surface area contributed by atoms with Crippen molar-refractivity contribution in [2.24, 2.45) is 0 Å². The van der Waals surface area contributed by atoms with Gasteiger partial charge in [0.05, 0.1) is 42.3 Å². The molecule has 4 nitrogen and oxygen atoms in total. The Morgan fingerprint density at radius 3 is 2.46 bits per heavy atom. The molecule has 1 atom stereocenters. The number of halogens is 2. The fourth-order valence-corrected chi connectivity index (χ4v) is 3.59. The van der Waals surface area contributed by atoms with E-state index in [1.54, 1.807) is 12.1 Å². The Bertz CT molecular complexity index is 746. The maximum atomic E-state index is 12.4. The number of nitrogens with one attached hydrogen (secondary N) is 2. The Hall–Kier alpha value is -1.75. The van der Waals surface area contributed by atoms with Gasteiger partial charge in [-0.05, 0) is 36.8 Å². The topological polar surface area (TPSA) is 36.8 Å². The predicted molar refractivity (Wildman–Crippen MR) is 107 cm³/mol. The van der Waals surface area contributed by atoms with Crippen molar-refractivity contribution < 1.29 is 9.69 Å². The molecule has 6 heteroatoms. The van der Waals surface area contributed by atoms with Crippen LogP contribution in [0.25, 0.3) is 0 Å². The lowest BCUT2D eigenvalue weighted by Crippen LogP contribution is -3.15. The van der Waals surface area contributed by atoms with E-state index in [1.165, 1.54) is 10.6 Å². The number of hydrogen-bond donors (Lipinski definition) is 2. The van der Waals surface area contributed by atoms with Gasteiger partial charge in [0.15, 0.2) is 6.54 Å². The summed E-state index contributed by atoms with van der Waals surface area (Å²) in [6.07, 6.45) is 0. The Morgan fingerprint density at radius 2 is 1.81 bits per heavy atom. The molecule has 0 bridgehead atoms. The standard InChI is InChI=1S/C20H23Cl2N3O/c1-15(16-7-8-18(21)19(22)13-16)23-20(26)14-24-9-11-25(12-10-24)17-5-3-2-4-6-17/h2-8,13,15H,9-12,14H2,1H3,(H,23,26)/p+1/t15-/m0/s1. The van der Waals surface area contributed by atoms with Crippen LogP contribution in [0.2, 0.25) is 10.0 Å². The van der Waals surface area contributed by atoms with Gasteiger partial charge in [0.25, 0.3) is 5.91 Å². The van der Waals surface area contributed by atoms with E-state index < -0.39 is 0 Å². The highest BCUT2D eigenvalue weighted by Crippen LogP contribution is 2.25. The molecule has 1 aliphatic rings. The molecule has 0 radical (unpaired) electrons. The van der Waals surface area contributed by atoms with Crippen molar-refractivity contribution in [2.75, 3.05) is 37.6 Å². The van der Waals surface area contributed by atoms with Crippen molar-refractivity contribution in [1.29, 1.82) is 0 Å². The van der Waals surface area contributed by atoms with Crippen LogP contribution in [0.1, 0.15) is 18.5 Å². The highest BCUT2D eigenvalue weighted by atomic mass is 35.5. The number of piperazine rings is 1. The third kappa shape index (κ3) is 4.91. The van der Waals surface area contributed by atoms with E-state index in [-0.39, 0.29) is 11.9 Å². The van der Waals surface area contributed by atoms with Gasteiger partial charge in [-0.15, -0.1) is 0 Å². The van der Waals surface area contributed by atoms with Crippen LogP contribution in [0.5, 0.6) is 0 Å². The predicted octanol–water partition coefficient (Wildman–Crippen LogP) is 2.58. The second-order valence-corrected chi connectivity index (χ2v) is 7.53. The van der Waals surface area contributed by atoms with Crippen LogP contribution in [-0.4, -0.2) is 38.6 Å². The molecule has 3 rings (SSSR count). The first-order chi connectivity index (χ1) is 12.5. The molecule has 1 heterocycles. The van der Waals surface area contributed by atoms with Crippen molar-refractivity contribution in [2.45, 2.75) is 13.0 Å². The summed E-state index contributed by atoms with van der Waals surface area (Å²) in [5.74, 6) is 0.0618. The molecular formula is C20H24Cl2N3O+.